The number of carbonyl (C=O) groups excluding carboxylic acids is 2. The molecule has 0 unspecified atom stereocenters. The van der Waals surface area contributed by atoms with Crippen LogP contribution < -0.4 is 9.62 Å². The van der Waals surface area contributed by atoms with Gasteiger partial charge in [-0.3, -0.25) is 13.9 Å². The number of benzene rings is 3. The van der Waals surface area contributed by atoms with Crippen LogP contribution >= 0.6 is 11.6 Å². The predicted molar refractivity (Wildman–Crippen MR) is 152 cm³/mol. The van der Waals surface area contributed by atoms with Gasteiger partial charge in [0.2, 0.25) is 11.8 Å². The standard InChI is InChI=1S/C29H34ClN3O4S/c1-6-31-29(35)23(5)32(18-24-10-8-11-25(30)17-24)28(34)19-33(27-12-7-9-21(3)22(27)4)38(36,37)26-15-13-20(2)14-16-26/h7-17,23H,6,18-19H2,1-5H3,(H,31,35)/t23-/m0/s1. The quantitative estimate of drug-likeness (QED) is 0.381. The summed E-state index contributed by atoms with van der Waals surface area (Å²) in [6, 6.07) is 18.0. The third kappa shape index (κ3) is 6.74. The molecule has 1 atom stereocenters. The second kappa shape index (κ2) is 12.5. The number of amides is 2. The summed E-state index contributed by atoms with van der Waals surface area (Å²) in [5.74, 6) is -0.845. The monoisotopic (exact) mass is 555 g/mol. The van der Waals surface area contributed by atoms with Gasteiger partial charge in [0.25, 0.3) is 10.0 Å². The fourth-order valence-electron chi connectivity index (χ4n) is 4.09. The van der Waals surface area contributed by atoms with Crippen molar-refractivity contribution in [3.8, 4) is 0 Å². The van der Waals surface area contributed by atoms with Crippen LogP contribution in [0.1, 0.15) is 36.1 Å². The first-order valence-electron chi connectivity index (χ1n) is 12.4. The van der Waals surface area contributed by atoms with E-state index in [9.17, 15) is 18.0 Å². The van der Waals surface area contributed by atoms with Gasteiger partial charge < -0.3 is 10.2 Å². The third-order valence-electron chi connectivity index (χ3n) is 6.49. The van der Waals surface area contributed by atoms with E-state index in [1.807, 2.05) is 32.9 Å². The molecule has 0 saturated carbocycles. The number of aryl methyl sites for hydroxylation is 2. The summed E-state index contributed by atoms with van der Waals surface area (Å²) >= 11 is 6.16. The Balaban J connectivity index is 2.08. The van der Waals surface area contributed by atoms with Gasteiger partial charge in [0.15, 0.2) is 0 Å². The van der Waals surface area contributed by atoms with E-state index in [4.69, 9.17) is 11.6 Å². The zero-order valence-electron chi connectivity index (χ0n) is 22.4. The normalized spacial score (nSPS) is 12.1. The lowest BCUT2D eigenvalue weighted by molar-refractivity contribution is -0.139. The van der Waals surface area contributed by atoms with Crippen LogP contribution in [0.15, 0.2) is 71.6 Å². The number of rotatable bonds is 10. The summed E-state index contributed by atoms with van der Waals surface area (Å²) in [5, 5.41) is 3.25. The minimum atomic E-state index is -4.11. The first-order valence-corrected chi connectivity index (χ1v) is 14.2. The van der Waals surface area contributed by atoms with E-state index in [1.54, 1.807) is 56.3 Å². The maximum Gasteiger partial charge on any atom is 0.264 e. The molecule has 9 heteroatoms. The molecule has 7 nitrogen and oxygen atoms in total. The highest BCUT2D eigenvalue weighted by molar-refractivity contribution is 7.92. The number of carbonyl (C=O) groups is 2. The van der Waals surface area contributed by atoms with Crippen LogP contribution in [-0.4, -0.2) is 44.3 Å². The van der Waals surface area contributed by atoms with E-state index in [-0.39, 0.29) is 17.3 Å². The molecule has 0 spiro atoms. The van der Waals surface area contributed by atoms with Gasteiger partial charge >= 0.3 is 0 Å². The van der Waals surface area contributed by atoms with E-state index in [2.05, 4.69) is 5.32 Å². The molecule has 0 aromatic heterocycles. The Hall–Kier alpha value is -3.36. The highest BCUT2D eigenvalue weighted by Gasteiger charge is 2.33. The lowest BCUT2D eigenvalue weighted by Gasteiger charge is -2.32. The first-order chi connectivity index (χ1) is 17.9. The minimum Gasteiger partial charge on any atom is -0.355 e. The van der Waals surface area contributed by atoms with Crippen molar-refractivity contribution in [3.63, 3.8) is 0 Å². The van der Waals surface area contributed by atoms with Gasteiger partial charge in [-0.2, -0.15) is 0 Å². The Morgan fingerprint density at radius 3 is 2.26 bits per heavy atom. The fraction of sp³-hybridized carbons (Fsp3) is 0.310. The van der Waals surface area contributed by atoms with Crippen LogP contribution in [0.2, 0.25) is 5.02 Å². The summed E-state index contributed by atoms with van der Waals surface area (Å²) < 4.78 is 29.0. The van der Waals surface area contributed by atoms with E-state index < -0.39 is 28.5 Å². The van der Waals surface area contributed by atoms with Crippen molar-refractivity contribution in [2.45, 2.75) is 52.1 Å². The molecule has 0 bridgehead atoms. The summed E-state index contributed by atoms with van der Waals surface area (Å²) in [6.45, 7) is 9.02. The Morgan fingerprint density at radius 2 is 1.63 bits per heavy atom. The summed E-state index contributed by atoms with van der Waals surface area (Å²) in [5.41, 5.74) is 3.69. The van der Waals surface area contributed by atoms with E-state index in [0.717, 1.165) is 26.6 Å². The summed E-state index contributed by atoms with van der Waals surface area (Å²) in [4.78, 5) is 28.2. The van der Waals surface area contributed by atoms with Crippen molar-refractivity contribution in [3.05, 3.63) is 94.0 Å². The van der Waals surface area contributed by atoms with E-state index in [1.165, 1.54) is 17.0 Å². The second-order valence-electron chi connectivity index (χ2n) is 9.27. The van der Waals surface area contributed by atoms with E-state index >= 15 is 0 Å². The molecular formula is C29H34ClN3O4S. The number of anilines is 1. The number of likely N-dealkylation sites (N-methyl/N-ethyl adjacent to an activating group) is 1. The van der Waals surface area contributed by atoms with Gasteiger partial charge in [-0.1, -0.05) is 53.6 Å². The lowest BCUT2D eigenvalue weighted by Crippen LogP contribution is -2.51. The highest BCUT2D eigenvalue weighted by atomic mass is 35.5. The molecular weight excluding hydrogens is 522 g/mol. The Labute approximate surface area is 230 Å². The molecule has 2 amide bonds. The van der Waals surface area contributed by atoms with Crippen LogP contribution in [0.3, 0.4) is 0 Å². The number of nitrogens with one attached hydrogen (secondary N) is 1. The topological polar surface area (TPSA) is 86.8 Å². The van der Waals surface area contributed by atoms with Gasteiger partial charge in [0, 0.05) is 18.1 Å². The first kappa shape index (κ1) is 29.2. The number of nitrogens with zero attached hydrogens (tertiary/aromatic N) is 2. The van der Waals surface area contributed by atoms with Crippen LogP contribution in [0, 0.1) is 20.8 Å². The van der Waals surface area contributed by atoms with Crippen molar-refractivity contribution in [2.24, 2.45) is 0 Å². The van der Waals surface area contributed by atoms with Crippen LogP contribution in [0.25, 0.3) is 0 Å². The minimum absolute atomic E-state index is 0.0787. The lowest BCUT2D eigenvalue weighted by atomic mass is 10.1. The maximum absolute atomic E-state index is 13.9. The molecule has 0 radical (unpaired) electrons. The van der Waals surface area contributed by atoms with Crippen LogP contribution in [0.5, 0.6) is 0 Å². The summed E-state index contributed by atoms with van der Waals surface area (Å²) in [6.07, 6.45) is 0. The predicted octanol–water partition coefficient (Wildman–Crippen LogP) is 5.01. The maximum atomic E-state index is 13.9. The van der Waals surface area contributed by atoms with Crippen molar-refractivity contribution in [2.75, 3.05) is 17.4 Å². The average Bonchev–Trinajstić information content (AvgIpc) is 2.87. The summed E-state index contributed by atoms with van der Waals surface area (Å²) in [7, 11) is -4.11. The largest absolute Gasteiger partial charge is 0.355 e. The molecule has 3 rings (SSSR count). The Kier molecular flexibility index (Phi) is 9.57. The second-order valence-corrected chi connectivity index (χ2v) is 11.6. The van der Waals surface area contributed by atoms with Crippen molar-refractivity contribution in [1.29, 1.82) is 0 Å². The molecule has 3 aromatic rings. The average molecular weight is 556 g/mol. The highest BCUT2D eigenvalue weighted by Crippen LogP contribution is 2.29. The molecule has 202 valence electrons. The molecule has 0 aliphatic heterocycles. The van der Waals surface area contributed by atoms with E-state index in [0.29, 0.717) is 17.3 Å². The van der Waals surface area contributed by atoms with Gasteiger partial charge in [0.1, 0.15) is 12.6 Å². The molecule has 0 aliphatic rings. The van der Waals surface area contributed by atoms with Crippen LogP contribution in [0.4, 0.5) is 5.69 Å². The number of hydrogen-bond acceptors (Lipinski definition) is 4. The van der Waals surface area contributed by atoms with Gasteiger partial charge in [-0.05, 0) is 81.6 Å². The molecule has 0 saturated heterocycles. The van der Waals surface area contributed by atoms with Gasteiger partial charge in [-0.15, -0.1) is 0 Å². The van der Waals surface area contributed by atoms with Crippen LogP contribution in [-0.2, 0) is 26.2 Å². The van der Waals surface area contributed by atoms with Crippen molar-refractivity contribution < 1.29 is 18.0 Å². The molecule has 38 heavy (non-hydrogen) atoms. The number of halogens is 1. The third-order valence-corrected chi connectivity index (χ3v) is 8.50. The van der Waals surface area contributed by atoms with Gasteiger partial charge in [0.05, 0.1) is 10.6 Å². The zero-order valence-corrected chi connectivity index (χ0v) is 23.9. The van der Waals surface area contributed by atoms with Gasteiger partial charge in [-0.25, -0.2) is 8.42 Å². The van der Waals surface area contributed by atoms with Crippen molar-refractivity contribution >= 4 is 39.1 Å². The molecule has 0 aliphatic carbocycles. The molecule has 0 heterocycles. The SMILES string of the molecule is CCNC(=O)[C@H](C)N(Cc1cccc(Cl)c1)C(=O)CN(c1cccc(C)c1C)S(=O)(=O)c1ccc(C)cc1. The zero-order chi connectivity index (χ0) is 28.0. The number of hydrogen-bond donors (Lipinski definition) is 1. The molecule has 0 fully saturated rings. The number of sulfonamides is 1. The molecule has 1 N–H and O–H groups in total. The Morgan fingerprint density at radius 1 is 0.974 bits per heavy atom. The Bertz CT molecular complexity index is 1410. The van der Waals surface area contributed by atoms with Crippen molar-refractivity contribution in [1.82, 2.24) is 10.2 Å². The molecule has 3 aromatic carbocycles. The fourth-order valence-corrected chi connectivity index (χ4v) is 5.78. The smallest absolute Gasteiger partial charge is 0.264 e.